The highest BCUT2D eigenvalue weighted by molar-refractivity contribution is 5.98. The van der Waals surface area contributed by atoms with Gasteiger partial charge in [0.1, 0.15) is 0 Å². The molecule has 1 aliphatic rings. The van der Waals surface area contributed by atoms with Crippen molar-refractivity contribution in [2.75, 3.05) is 6.61 Å². The minimum atomic E-state index is -0.385. The predicted molar refractivity (Wildman–Crippen MR) is 69.4 cm³/mol. The molecule has 0 aliphatic heterocycles. The summed E-state index contributed by atoms with van der Waals surface area (Å²) in [5.41, 5.74) is 1.28. The second-order valence-electron chi connectivity index (χ2n) is 5.03. The zero-order valence-electron chi connectivity index (χ0n) is 10.1. The van der Waals surface area contributed by atoms with E-state index in [2.05, 4.69) is 10.3 Å². The minimum Gasteiger partial charge on any atom is -0.394 e. The summed E-state index contributed by atoms with van der Waals surface area (Å²) in [7, 11) is 0. The molecule has 1 saturated carbocycles. The van der Waals surface area contributed by atoms with E-state index in [0.717, 1.165) is 30.2 Å². The zero-order valence-corrected chi connectivity index (χ0v) is 10.1. The highest BCUT2D eigenvalue weighted by Crippen LogP contribution is 2.31. The fraction of sp³-hybridized carbons (Fsp3) is 0.357. The molecular weight excluding hydrogens is 228 g/mol. The van der Waals surface area contributed by atoms with Crippen molar-refractivity contribution < 1.29 is 9.90 Å². The van der Waals surface area contributed by atoms with E-state index >= 15 is 0 Å². The molecule has 1 amide bonds. The van der Waals surface area contributed by atoms with E-state index in [1.165, 1.54) is 0 Å². The van der Waals surface area contributed by atoms with Gasteiger partial charge < -0.3 is 15.4 Å². The lowest BCUT2D eigenvalue weighted by Crippen LogP contribution is -2.56. The summed E-state index contributed by atoms with van der Waals surface area (Å²) < 4.78 is 0. The van der Waals surface area contributed by atoms with Crippen molar-refractivity contribution in [1.29, 1.82) is 0 Å². The Balaban J connectivity index is 1.83. The van der Waals surface area contributed by atoms with Crippen molar-refractivity contribution in [2.24, 2.45) is 0 Å². The quantitative estimate of drug-likeness (QED) is 0.771. The number of aliphatic hydroxyl groups excluding tert-OH is 1. The number of benzene rings is 1. The summed E-state index contributed by atoms with van der Waals surface area (Å²) in [6.07, 6.45) is 4.65. The van der Waals surface area contributed by atoms with Crippen LogP contribution in [0.3, 0.4) is 0 Å². The Kier molecular flexibility index (Phi) is 2.59. The van der Waals surface area contributed by atoms with Crippen LogP contribution in [0, 0.1) is 0 Å². The van der Waals surface area contributed by atoms with Crippen molar-refractivity contribution >= 4 is 16.8 Å². The number of nitrogens with one attached hydrogen (secondary N) is 2. The first-order chi connectivity index (χ1) is 8.72. The summed E-state index contributed by atoms with van der Waals surface area (Å²) in [4.78, 5) is 15.2. The standard InChI is InChI=1S/C14H16N2O2/c17-9-14(5-1-6-14)16-13(18)11-2-3-12-10(8-11)4-7-15-12/h2-4,7-8,15,17H,1,5-6,9H2,(H,16,18). The lowest BCUT2D eigenvalue weighted by molar-refractivity contribution is 0.0642. The first kappa shape index (κ1) is 11.3. The minimum absolute atomic E-state index is 0.0190. The number of rotatable bonds is 3. The van der Waals surface area contributed by atoms with Gasteiger partial charge in [0.25, 0.3) is 5.91 Å². The summed E-state index contributed by atoms with van der Waals surface area (Å²) in [5, 5.41) is 13.3. The number of fused-ring (bicyclic) bond motifs is 1. The van der Waals surface area contributed by atoms with Crippen LogP contribution in [0.25, 0.3) is 10.9 Å². The van der Waals surface area contributed by atoms with Crippen LogP contribution in [0.4, 0.5) is 0 Å². The van der Waals surface area contributed by atoms with Gasteiger partial charge in [0.15, 0.2) is 0 Å². The van der Waals surface area contributed by atoms with E-state index in [1.54, 1.807) is 6.07 Å². The number of hydrogen-bond donors (Lipinski definition) is 3. The highest BCUT2D eigenvalue weighted by atomic mass is 16.3. The highest BCUT2D eigenvalue weighted by Gasteiger charge is 2.37. The number of carbonyl (C=O) groups excluding carboxylic acids is 1. The van der Waals surface area contributed by atoms with Crippen LogP contribution >= 0.6 is 0 Å². The Morgan fingerprint density at radius 3 is 2.89 bits per heavy atom. The molecule has 1 aromatic carbocycles. The SMILES string of the molecule is O=C(NC1(CO)CCC1)c1ccc2[nH]ccc2c1. The second-order valence-corrected chi connectivity index (χ2v) is 5.03. The Bertz CT molecular complexity index is 579. The van der Waals surface area contributed by atoms with E-state index in [-0.39, 0.29) is 18.1 Å². The number of aromatic nitrogens is 1. The molecule has 0 bridgehead atoms. The normalized spacial score (nSPS) is 17.4. The number of carbonyl (C=O) groups is 1. The molecule has 1 fully saturated rings. The van der Waals surface area contributed by atoms with Crippen LogP contribution in [-0.4, -0.2) is 28.1 Å². The molecule has 4 nitrogen and oxygen atoms in total. The van der Waals surface area contributed by atoms with Crippen molar-refractivity contribution in [2.45, 2.75) is 24.8 Å². The van der Waals surface area contributed by atoms with E-state index in [4.69, 9.17) is 0 Å². The average Bonchev–Trinajstić information content (AvgIpc) is 2.80. The fourth-order valence-corrected chi connectivity index (χ4v) is 2.43. The first-order valence-electron chi connectivity index (χ1n) is 6.23. The zero-order chi connectivity index (χ0) is 12.6. The van der Waals surface area contributed by atoms with Gasteiger partial charge in [-0.15, -0.1) is 0 Å². The predicted octanol–water partition coefficient (Wildman–Crippen LogP) is 1.81. The Labute approximate surface area is 105 Å². The van der Waals surface area contributed by atoms with Gasteiger partial charge in [-0.25, -0.2) is 0 Å². The molecular formula is C14H16N2O2. The average molecular weight is 244 g/mol. The lowest BCUT2D eigenvalue weighted by atomic mass is 9.77. The molecule has 3 rings (SSSR count). The van der Waals surface area contributed by atoms with Gasteiger partial charge in [0.2, 0.25) is 0 Å². The maximum atomic E-state index is 12.1. The molecule has 0 saturated heterocycles. The monoisotopic (exact) mass is 244 g/mol. The first-order valence-corrected chi connectivity index (χ1v) is 6.23. The number of hydrogen-bond acceptors (Lipinski definition) is 2. The third-order valence-electron chi connectivity index (χ3n) is 3.81. The molecule has 1 heterocycles. The maximum absolute atomic E-state index is 12.1. The van der Waals surface area contributed by atoms with Gasteiger partial charge in [0.05, 0.1) is 12.1 Å². The fourth-order valence-electron chi connectivity index (χ4n) is 2.43. The third-order valence-corrected chi connectivity index (χ3v) is 3.81. The number of H-pyrrole nitrogens is 1. The van der Waals surface area contributed by atoms with Crippen LogP contribution in [0.1, 0.15) is 29.6 Å². The third kappa shape index (κ3) is 1.78. The van der Waals surface area contributed by atoms with Gasteiger partial charge >= 0.3 is 0 Å². The Hall–Kier alpha value is -1.81. The van der Waals surface area contributed by atoms with Gasteiger partial charge in [-0.2, -0.15) is 0 Å². The van der Waals surface area contributed by atoms with Crippen LogP contribution in [0.15, 0.2) is 30.5 Å². The number of aromatic amines is 1. The molecule has 0 unspecified atom stereocenters. The summed E-state index contributed by atoms with van der Waals surface area (Å²) in [6, 6.07) is 7.51. The molecule has 0 spiro atoms. The van der Waals surface area contributed by atoms with Gasteiger partial charge in [-0.3, -0.25) is 4.79 Å². The van der Waals surface area contributed by atoms with Crippen LogP contribution in [-0.2, 0) is 0 Å². The van der Waals surface area contributed by atoms with Crippen molar-refractivity contribution in [3.63, 3.8) is 0 Å². The number of amides is 1. The lowest BCUT2D eigenvalue weighted by Gasteiger charge is -2.40. The largest absolute Gasteiger partial charge is 0.394 e. The Morgan fingerprint density at radius 2 is 2.22 bits per heavy atom. The molecule has 2 aromatic rings. The maximum Gasteiger partial charge on any atom is 0.251 e. The van der Waals surface area contributed by atoms with E-state index in [9.17, 15) is 9.90 Å². The van der Waals surface area contributed by atoms with E-state index in [0.29, 0.717) is 5.56 Å². The summed E-state index contributed by atoms with van der Waals surface area (Å²) >= 11 is 0. The molecule has 94 valence electrons. The van der Waals surface area contributed by atoms with Gasteiger partial charge in [-0.1, -0.05) is 0 Å². The topological polar surface area (TPSA) is 65.1 Å². The van der Waals surface area contributed by atoms with Crippen molar-refractivity contribution in [3.8, 4) is 0 Å². The van der Waals surface area contributed by atoms with Crippen LogP contribution in [0.5, 0.6) is 0 Å². The van der Waals surface area contributed by atoms with Gasteiger partial charge in [-0.05, 0) is 43.5 Å². The van der Waals surface area contributed by atoms with E-state index < -0.39 is 0 Å². The molecule has 1 aliphatic carbocycles. The van der Waals surface area contributed by atoms with Crippen LogP contribution < -0.4 is 5.32 Å². The molecule has 0 atom stereocenters. The molecule has 1 aromatic heterocycles. The summed E-state index contributed by atoms with van der Waals surface area (Å²) in [5.74, 6) is -0.105. The van der Waals surface area contributed by atoms with Crippen LogP contribution in [0.2, 0.25) is 0 Å². The smallest absolute Gasteiger partial charge is 0.251 e. The van der Waals surface area contributed by atoms with Crippen molar-refractivity contribution in [1.82, 2.24) is 10.3 Å². The molecule has 18 heavy (non-hydrogen) atoms. The van der Waals surface area contributed by atoms with E-state index in [1.807, 2.05) is 24.4 Å². The van der Waals surface area contributed by atoms with Gasteiger partial charge in [0, 0.05) is 22.7 Å². The number of aliphatic hydroxyl groups is 1. The molecule has 4 heteroatoms. The summed E-state index contributed by atoms with van der Waals surface area (Å²) in [6.45, 7) is 0.0190. The molecule has 0 radical (unpaired) electrons. The Morgan fingerprint density at radius 1 is 1.39 bits per heavy atom. The molecule has 3 N–H and O–H groups in total. The second kappa shape index (κ2) is 4.14. The van der Waals surface area contributed by atoms with Crippen molar-refractivity contribution in [3.05, 3.63) is 36.0 Å².